The first kappa shape index (κ1) is 15.3. The zero-order valence-corrected chi connectivity index (χ0v) is 14.7. The lowest BCUT2D eigenvalue weighted by atomic mass is 9.95. The molecule has 5 rings (SSSR count). The fraction of sp³-hybridized carbons (Fsp3) is 0.368. The molecule has 3 heterocycles. The van der Waals surface area contributed by atoms with Gasteiger partial charge in [0.05, 0.1) is 24.7 Å². The zero-order valence-electron chi connectivity index (χ0n) is 14.7. The molecule has 26 heavy (non-hydrogen) atoms. The van der Waals surface area contributed by atoms with Crippen molar-refractivity contribution in [2.24, 2.45) is 4.99 Å². The summed E-state index contributed by atoms with van der Waals surface area (Å²) in [6.07, 6.45) is 5.41. The summed E-state index contributed by atoms with van der Waals surface area (Å²) < 4.78 is 11.9. The molecule has 0 radical (unpaired) electrons. The van der Waals surface area contributed by atoms with Gasteiger partial charge in [-0.15, -0.1) is 0 Å². The Morgan fingerprint density at radius 3 is 2.62 bits per heavy atom. The summed E-state index contributed by atoms with van der Waals surface area (Å²) in [4.78, 5) is 26.1. The van der Waals surface area contributed by atoms with Gasteiger partial charge >= 0.3 is 6.01 Å². The molecule has 0 atom stereocenters. The predicted molar refractivity (Wildman–Crippen MR) is 95.2 cm³/mol. The number of anilines is 1. The predicted octanol–water partition coefficient (Wildman–Crippen LogP) is 2.77. The molecule has 1 amide bonds. The van der Waals surface area contributed by atoms with E-state index in [9.17, 15) is 4.79 Å². The molecule has 1 spiro atoms. The molecule has 0 bridgehead atoms. The van der Waals surface area contributed by atoms with Crippen LogP contribution in [0.3, 0.4) is 0 Å². The van der Waals surface area contributed by atoms with Gasteiger partial charge in [-0.05, 0) is 38.3 Å². The van der Waals surface area contributed by atoms with Crippen molar-refractivity contribution in [2.45, 2.75) is 32.1 Å². The van der Waals surface area contributed by atoms with E-state index in [1.54, 1.807) is 19.3 Å². The van der Waals surface area contributed by atoms with E-state index >= 15 is 0 Å². The van der Waals surface area contributed by atoms with Crippen LogP contribution in [0.2, 0.25) is 0 Å². The number of hydrogen-bond acceptors (Lipinski definition) is 6. The first-order valence-electron chi connectivity index (χ1n) is 8.68. The van der Waals surface area contributed by atoms with Crippen LogP contribution in [0.15, 0.2) is 29.5 Å². The smallest absolute Gasteiger partial charge is 0.322 e. The quantitative estimate of drug-likeness (QED) is 0.851. The van der Waals surface area contributed by atoms with Gasteiger partial charge in [0.15, 0.2) is 0 Å². The van der Waals surface area contributed by atoms with E-state index in [2.05, 4.69) is 15.0 Å². The third kappa shape index (κ3) is 2.20. The number of hydrogen-bond donors (Lipinski definition) is 0. The molecule has 1 aliphatic carbocycles. The van der Waals surface area contributed by atoms with E-state index in [0.717, 1.165) is 42.1 Å². The maximum atomic E-state index is 11.9. The van der Waals surface area contributed by atoms with E-state index in [-0.39, 0.29) is 23.9 Å². The second kappa shape index (κ2) is 5.27. The normalized spacial score (nSPS) is 19.4. The van der Waals surface area contributed by atoms with Crippen molar-refractivity contribution in [1.82, 2.24) is 9.97 Å². The first-order valence-corrected chi connectivity index (χ1v) is 8.68. The van der Waals surface area contributed by atoms with Gasteiger partial charge in [-0.3, -0.25) is 14.7 Å². The Balaban J connectivity index is 1.44. The van der Waals surface area contributed by atoms with Crippen LogP contribution in [0.25, 0.3) is 0 Å². The fourth-order valence-electron chi connectivity index (χ4n) is 3.68. The van der Waals surface area contributed by atoms with Gasteiger partial charge in [-0.25, -0.2) is 9.97 Å². The van der Waals surface area contributed by atoms with Gasteiger partial charge < -0.3 is 9.47 Å². The van der Waals surface area contributed by atoms with Crippen molar-refractivity contribution in [3.05, 3.63) is 35.7 Å². The molecule has 2 aliphatic heterocycles. The Morgan fingerprint density at radius 2 is 1.96 bits per heavy atom. The Kier molecular flexibility index (Phi) is 3.10. The average molecular weight is 350 g/mol. The van der Waals surface area contributed by atoms with Crippen LogP contribution in [-0.2, 0) is 10.2 Å². The number of fused-ring (bicyclic) bond motifs is 2. The Bertz CT molecular complexity index is 948. The van der Waals surface area contributed by atoms with E-state index in [0.29, 0.717) is 11.5 Å². The minimum atomic E-state index is -0.0797. The van der Waals surface area contributed by atoms with Crippen molar-refractivity contribution < 1.29 is 14.3 Å². The number of amidine groups is 1. The van der Waals surface area contributed by atoms with Gasteiger partial charge in [-0.1, -0.05) is 6.07 Å². The van der Waals surface area contributed by atoms with Crippen LogP contribution in [0.1, 0.15) is 30.9 Å². The monoisotopic (exact) mass is 350 g/mol. The molecule has 7 heteroatoms. The first-order chi connectivity index (χ1) is 12.6. The van der Waals surface area contributed by atoms with Crippen LogP contribution < -0.4 is 14.4 Å². The summed E-state index contributed by atoms with van der Waals surface area (Å²) in [6.45, 7) is 4.73. The van der Waals surface area contributed by atoms with Crippen molar-refractivity contribution in [1.29, 1.82) is 0 Å². The number of aliphatic imine (C=N–C) groups is 1. The van der Waals surface area contributed by atoms with Crippen LogP contribution in [0.4, 0.5) is 5.69 Å². The van der Waals surface area contributed by atoms with E-state index in [4.69, 9.17) is 9.47 Å². The third-order valence-corrected chi connectivity index (χ3v) is 5.28. The summed E-state index contributed by atoms with van der Waals surface area (Å²) in [6, 6.07) is 4.21. The van der Waals surface area contributed by atoms with E-state index in [1.807, 2.05) is 19.1 Å². The maximum absolute atomic E-state index is 11.9. The number of aryl methyl sites for hydroxylation is 1. The number of amides is 1. The molecule has 0 N–H and O–H groups in total. The van der Waals surface area contributed by atoms with Crippen LogP contribution >= 0.6 is 0 Å². The fourth-order valence-corrected chi connectivity index (χ4v) is 3.68. The molecule has 1 aromatic carbocycles. The van der Waals surface area contributed by atoms with E-state index in [1.165, 1.54) is 4.90 Å². The highest BCUT2D eigenvalue weighted by Crippen LogP contribution is 2.59. The largest absolute Gasteiger partial charge is 0.492 e. The van der Waals surface area contributed by atoms with Crippen molar-refractivity contribution in [3.8, 4) is 17.5 Å². The lowest BCUT2D eigenvalue weighted by molar-refractivity contribution is -0.115. The van der Waals surface area contributed by atoms with Crippen LogP contribution in [-0.4, -0.2) is 34.9 Å². The second-order valence-electron chi connectivity index (χ2n) is 7.07. The highest BCUT2D eigenvalue weighted by atomic mass is 16.5. The van der Waals surface area contributed by atoms with Crippen LogP contribution in [0, 0.1) is 6.92 Å². The zero-order chi connectivity index (χ0) is 17.9. The molecule has 3 aliphatic rings. The second-order valence-corrected chi connectivity index (χ2v) is 7.07. The number of carbonyl (C=O) groups excluding carboxylic acids is 1. The van der Waals surface area contributed by atoms with Gasteiger partial charge in [0, 0.05) is 11.0 Å². The summed E-state index contributed by atoms with van der Waals surface area (Å²) in [5, 5.41) is 0. The molecule has 2 aromatic rings. The number of carbonyl (C=O) groups is 1. The summed E-state index contributed by atoms with van der Waals surface area (Å²) in [7, 11) is 0. The van der Waals surface area contributed by atoms with Gasteiger partial charge in [0.25, 0.3) is 5.91 Å². The molecule has 1 aromatic heterocycles. The number of benzene rings is 1. The molecular formula is C19H18N4O3. The molecule has 0 unspecified atom stereocenters. The number of ether oxygens (including phenoxy) is 2. The van der Waals surface area contributed by atoms with Crippen molar-refractivity contribution in [3.63, 3.8) is 0 Å². The van der Waals surface area contributed by atoms with Crippen molar-refractivity contribution in [2.75, 3.05) is 18.1 Å². The summed E-state index contributed by atoms with van der Waals surface area (Å²) in [5.74, 6) is 2.26. The minimum absolute atomic E-state index is 0.0797. The summed E-state index contributed by atoms with van der Waals surface area (Å²) >= 11 is 0. The average Bonchev–Trinajstić information content (AvgIpc) is 3.20. The Morgan fingerprint density at radius 1 is 1.19 bits per heavy atom. The lowest BCUT2D eigenvalue weighted by Crippen LogP contribution is -2.30. The van der Waals surface area contributed by atoms with Crippen molar-refractivity contribution >= 4 is 17.4 Å². The molecule has 7 nitrogen and oxygen atoms in total. The lowest BCUT2D eigenvalue weighted by Gasteiger charge is -2.16. The molecular weight excluding hydrogens is 332 g/mol. The molecule has 1 saturated carbocycles. The highest BCUT2D eigenvalue weighted by Gasteiger charge is 2.53. The standard InChI is InChI=1S/C19H18N4O3/c1-11-3-4-14(16-17(11)25-10-19(16)5-6-19)26-18-21-7-13(8-22-18)23-12(2)20-9-15(23)24/h3-4,7-8H,5-6,9-10H2,1-2H3. The number of nitrogens with zero attached hydrogens (tertiary/aromatic N) is 4. The molecule has 132 valence electrons. The molecule has 1 fully saturated rings. The Labute approximate surface area is 150 Å². The topological polar surface area (TPSA) is 76.9 Å². The Hall–Kier alpha value is -2.96. The van der Waals surface area contributed by atoms with Gasteiger partial charge in [-0.2, -0.15) is 0 Å². The maximum Gasteiger partial charge on any atom is 0.322 e. The minimum Gasteiger partial charge on any atom is -0.492 e. The summed E-state index contributed by atoms with van der Waals surface area (Å²) in [5.41, 5.74) is 2.96. The van der Waals surface area contributed by atoms with Gasteiger partial charge in [0.1, 0.15) is 23.9 Å². The number of aromatic nitrogens is 2. The molecule has 0 saturated heterocycles. The third-order valence-electron chi connectivity index (χ3n) is 5.28. The van der Waals surface area contributed by atoms with Gasteiger partial charge in [0.2, 0.25) is 0 Å². The SMILES string of the molecule is CC1=NCC(=O)N1c1cnc(Oc2ccc(C)c3c2C2(CC2)CO3)nc1. The highest BCUT2D eigenvalue weighted by molar-refractivity contribution is 6.20. The number of rotatable bonds is 3. The van der Waals surface area contributed by atoms with E-state index < -0.39 is 0 Å². The van der Waals surface area contributed by atoms with Crippen LogP contribution in [0.5, 0.6) is 17.5 Å².